The highest BCUT2D eigenvalue weighted by Gasteiger charge is 2.25. The van der Waals surface area contributed by atoms with Crippen molar-refractivity contribution in [1.82, 2.24) is 0 Å². The first-order valence-electron chi connectivity index (χ1n) is 5.21. The van der Waals surface area contributed by atoms with Gasteiger partial charge in [-0.15, -0.1) is 0 Å². The fraction of sp³-hybridized carbons (Fsp3) is 0.417. The first-order chi connectivity index (χ1) is 7.49. The van der Waals surface area contributed by atoms with E-state index in [1.54, 1.807) is 38.1 Å². The van der Waals surface area contributed by atoms with Gasteiger partial charge in [-0.25, -0.2) is 0 Å². The van der Waals surface area contributed by atoms with Gasteiger partial charge in [0.25, 0.3) is 0 Å². The zero-order valence-corrected chi connectivity index (χ0v) is 9.66. The molecule has 1 rings (SSSR count). The van der Waals surface area contributed by atoms with Gasteiger partial charge in [0, 0.05) is 12.2 Å². The van der Waals surface area contributed by atoms with E-state index in [0.29, 0.717) is 12.2 Å². The summed E-state index contributed by atoms with van der Waals surface area (Å²) in [6.45, 7) is 3.89. The molecule has 1 amide bonds. The number of hydrogen-bond donors (Lipinski definition) is 3. The van der Waals surface area contributed by atoms with Crippen molar-refractivity contribution in [3.63, 3.8) is 0 Å². The third kappa shape index (κ3) is 3.05. The van der Waals surface area contributed by atoms with Crippen LogP contribution in [0.4, 0.5) is 5.69 Å². The average molecular weight is 222 g/mol. The van der Waals surface area contributed by atoms with E-state index in [1.807, 2.05) is 0 Å². The Labute approximate surface area is 95.5 Å². The molecule has 4 nitrogen and oxygen atoms in total. The van der Waals surface area contributed by atoms with Crippen LogP contribution in [-0.2, 0) is 11.4 Å². The summed E-state index contributed by atoms with van der Waals surface area (Å²) in [5.74, 6) is -0.105. The highest BCUT2D eigenvalue weighted by molar-refractivity contribution is 5.94. The van der Waals surface area contributed by atoms with Crippen LogP contribution in [0.5, 0.6) is 0 Å². The molecule has 0 unspecified atom stereocenters. The summed E-state index contributed by atoms with van der Waals surface area (Å²) in [6.07, 6.45) is 0. The second-order valence-corrected chi connectivity index (χ2v) is 4.40. The Hall–Kier alpha value is -1.39. The maximum absolute atomic E-state index is 11.8. The van der Waals surface area contributed by atoms with Crippen molar-refractivity contribution in [3.8, 4) is 0 Å². The average Bonchev–Trinajstić information content (AvgIpc) is 2.30. The molecule has 4 N–H and O–H groups in total. The minimum Gasteiger partial charge on any atom is -0.392 e. The van der Waals surface area contributed by atoms with Gasteiger partial charge in [-0.2, -0.15) is 0 Å². The topological polar surface area (TPSA) is 75.4 Å². The molecule has 0 atom stereocenters. The van der Waals surface area contributed by atoms with E-state index in [-0.39, 0.29) is 12.5 Å². The molecule has 16 heavy (non-hydrogen) atoms. The Balaban J connectivity index is 2.70. The lowest BCUT2D eigenvalue weighted by atomic mass is 9.92. The minimum absolute atomic E-state index is 0.00250. The number of aliphatic hydroxyl groups excluding tert-OH is 1. The molecule has 0 bridgehead atoms. The summed E-state index contributed by atoms with van der Waals surface area (Å²) >= 11 is 0. The molecule has 0 fully saturated rings. The van der Waals surface area contributed by atoms with Gasteiger partial charge >= 0.3 is 0 Å². The van der Waals surface area contributed by atoms with Crippen LogP contribution in [0, 0.1) is 5.41 Å². The number of carbonyl (C=O) groups excluding carboxylic acids is 1. The number of benzene rings is 1. The Kier molecular flexibility index (Phi) is 4.04. The van der Waals surface area contributed by atoms with Gasteiger partial charge < -0.3 is 16.2 Å². The highest BCUT2D eigenvalue weighted by atomic mass is 16.3. The molecule has 0 aliphatic carbocycles. The number of nitrogens with one attached hydrogen (secondary N) is 1. The van der Waals surface area contributed by atoms with E-state index in [1.165, 1.54) is 0 Å². The van der Waals surface area contributed by atoms with E-state index in [4.69, 9.17) is 10.8 Å². The van der Waals surface area contributed by atoms with Crippen molar-refractivity contribution in [1.29, 1.82) is 0 Å². The van der Waals surface area contributed by atoms with Crippen LogP contribution in [0.1, 0.15) is 19.4 Å². The smallest absolute Gasteiger partial charge is 0.231 e. The van der Waals surface area contributed by atoms with E-state index in [0.717, 1.165) is 5.56 Å². The molecule has 0 radical (unpaired) electrons. The molecule has 1 aromatic rings. The lowest BCUT2D eigenvalue weighted by Crippen LogP contribution is -2.37. The molecule has 0 aromatic heterocycles. The van der Waals surface area contributed by atoms with Gasteiger partial charge in [-0.05, 0) is 31.5 Å². The number of aliphatic hydroxyl groups is 1. The summed E-state index contributed by atoms with van der Waals surface area (Å²) in [7, 11) is 0. The standard InChI is InChI=1S/C12H18N2O2/c1-12(2,8-13)11(16)14-10-5-3-9(7-15)4-6-10/h3-6,15H,7-8,13H2,1-2H3,(H,14,16). The molecule has 0 aliphatic heterocycles. The van der Waals surface area contributed by atoms with Crippen molar-refractivity contribution < 1.29 is 9.90 Å². The lowest BCUT2D eigenvalue weighted by molar-refractivity contribution is -0.123. The number of rotatable bonds is 4. The first-order valence-corrected chi connectivity index (χ1v) is 5.21. The summed E-state index contributed by atoms with van der Waals surface area (Å²) in [6, 6.07) is 7.06. The Morgan fingerprint density at radius 1 is 1.38 bits per heavy atom. The number of carbonyl (C=O) groups is 1. The summed E-state index contributed by atoms with van der Waals surface area (Å²) < 4.78 is 0. The second kappa shape index (κ2) is 5.09. The third-order valence-corrected chi connectivity index (χ3v) is 2.52. The molecule has 0 aliphatic rings. The molecule has 0 heterocycles. The van der Waals surface area contributed by atoms with Crippen LogP contribution in [0.25, 0.3) is 0 Å². The Morgan fingerprint density at radius 2 is 1.94 bits per heavy atom. The predicted octanol–water partition coefficient (Wildman–Crippen LogP) is 1.10. The lowest BCUT2D eigenvalue weighted by Gasteiger charge is -2.21. The van der Waals surface area contributed by atoms with Gasteiger partial charge in [-0.3, -0.25) is 4.79 Å². The van der Waals surface area contributed by atoms with Gasteiger partial charge in [0.15, 0.2) is 0 Å². The third-order valence-electron chi connectivity index (χ3n) is 2.52. The normalized spacial score (nSPS) is 11.2. The predicted molar refractivity (Wildman–Crippen MR) is 63.8 cm³/mol. The Bertz CT molecular complexity index is 358. The quantitative estimate of drug-likeness (QED) is 0.714. The van der Waals surface area contributed by atoms with Crippen LogP contribution in [-0.4, -0.2) is 17.6 Å². The van der Waals surface area contributed by atoms with Crippen molar-refractivity contribution in [3.05, 3.63) is 29.8 Å². The van der Waals surface area contributed by atoms with Gasteiger partial charge in [0.05, 0.1) is 12.0 Å². The number of anilines is 1. The van der Waals surface area contributed by atoms with Crippen molar-refractivity contribution >= 4 is 11.6 Å². The van der Waals surface area contributed by atoms with E-state index in [9.17, 15) is 4.79 Å². The minimum atomic E-state index is -0.574. The largest absolute Gasteiger partial charge is 0.392 e. The zero-order chi connectivity index (χ0) is 12.2. The van der Waals surface area contributed by atoms with Crippen molar-refractivity contribution in [2.45, 2.75) is 20.5 Å². The number of hydrogen-bond acceptors (Lipinski definition) is 3. The molecular weight excluding hydrogens is 204 g/mol. The van der Waals surface area contributed by atoms with Crippen LogP contribution in [0.2, 0.25) is 0 Å². The van der Waals surface area contributed by atoms with Gasteiger partial charge in [0.2, 0.25) is 5.91 Å². The zero-order valence-electron chi connectivity index (χ0n) is 9.66. The molecule has 88 valence electrons. The maximum atomic E-state index is 11.8. The van der Waals surface area contributed by atoms with E-state index < -0.39 is 5.41 Å². The Morgan fingerprint density at radius 3 is 2.38 bits per heavy atom. The second-order valence-electron chi connectivity index (χ2n) is 4.40. The van der Waals surface area contributed by atoms with Crippen LogP contribution < -0.4 is 11.1 Å². The number of nitrogens with two attached hydrogens (primary N) is 1. The molecule has 0 saturated heterocycles. The monoisotopic (exact) mass is 222 g/mol. The van der Waals surface area contributed by atoms with Crippen LogP contribution in [0.3, 0.4) is 0 Å². The summed E-state index contributed by atoms with van der Waals surface area (Å²) in [5.41, 5.74) is 6.47. The van der Waals surface area contributed by atoms with Gasteiger partial charge in [-0.1, -0.05) is 12.1 Å². The van der Waals surface area contributed by atoms with E-state index >= 15 is 0 Å². The highest BCUT2D eigenvalue weighted by Crippen LogP contribution is 2.17. The summed E-state index contributed by atoms with van der Waals surface area (Å²) in [4.78, 5) is 11.8. The van der Waals surface area contributed by atoms with Crippen molar-refractivity contribution in [2.24, 2.45) is 11.1 Å². The van der Waals surface area contributed by atoms with Crippen LogP contribution in [0.15, 0.2) is 24.3 Å². The fourth-order valence-corrected chi connectivity index (χ4v) is 1.09. The fourth-order valence-electron chi connectivity index (χ4n) is 1.09. The van der Waals surface area contributed by atoms with Crippen molar-refractivity contribution in [2.75, 3.05) is 11.9 Å². The molecule has 0 saturated carbocycles. The van der Waals surface area contributed by atoms with Gasteiger partial charge in [0.1, 0.15) is 0 Å². The first kappa shape index (κ1) is 12.7. The van der Waals surface area contributed by atoms with Crippen LogP contribution >= 0.6 is 0 Å². The SMILES string of the molecule is CC(C)(CN)C(=O)Nc1ccc(CO)cc1. The van der Waals surface area contributed by atoms with E-state index in [2.05, 4.69) is 5.32 Å². The molecule has 1 aromatic carbocycles. The maximum Gasteiger partial charge on any atom is 0.231 e. The number of amides is 1. The molecule has 0 spiro atoms. The summed E-state index contributed by atoms with van der Waals surface area (Å²) in [5, 5.41) is 11.7. The molecular formula is C12H18N2O2. The molecule has 4 heteroatoms.